The normalized spacial score (nSPS) is 12.6. The number of benzene rings is 1. The monoisotopic (exact) mass is 276 g/mol. The summed E-state index contributed by atoms with van der Waals surface area (Å²) in [5, 5.41) is 0. The lowest BCUT2D eigenvalue weighted by molar-refractivity contribution is -0.120. The number of aryl methyl sites for hydroxylation is 3. The van der Waals surface area contributed by atoms with Gasteiger partial charge < -0.3 is 4.57 Å². The first-order valence-corrected chi connectivity index (χ1v) is 7.45. The highest BCUT2D eigenvalue weighted by atomic mass is 32.1. The maximum absolute atomic E-state index is 11.9. The SMILES string of the molecule is CCn1c(=NC(=O)C(C)C)sc2c(C)ccc(C)c21. The van der Waals surface area contributed by atoms with E-state index in [-0.39, 0.29) is 11.8 Å². The Labute approximate surface area is 117 Å². The van der Waals surface area contributed by atoms with Crippen LogP contribution >= 0.6 is 11.3 Å². The van der Waals surface area contributed by atoms with Gasteiger partial charge in [0.25, 0.3) is 5.91 Å². The first kappa shape index (κ1) is 14.0. The van der Waals surface area contributed by atoms with Gasteiger partial charge in [-0.3, -0.25) is 4.79 Å². The van der Waals surface area contributed by atoms with E-state index in [0.717, 1.165) is 11.3 Å². The highest BCUT2D eigenvalue weighted by molar-refractivity contribution is 7.16. The molecule has 1 aromatic heterocycles. The van der Waals surface area contributed by atoms with Crippen molar-refractivity contribution in [3.8, 4) is 0 Å². The third kappa shape index (κ3) is 2.50. The molecule has 0 fully saturated rings. The third-order valence-corrected chi connectivity index (χ3v) is 4.45. The van der Waals surface area contributed by atoms with Crippen LogP contribution in [0.5, 0.6) is 0 Å². The zero-order chi connectivity index (χ0) is 14.2. The lowest BCUT2D eigenvalue weighted by Crippen LogP contribution is -2.18. The molecule has 0 saturated carbocycles. The Hall–Kier alpha value is -1.42. The van der Waals surface area contributed by atoms with E-state index in [1.165, 1.54) is 21.3 Å². The fourth-order valence-corrected chi connectivity index (χ4v) is 3.32. The molecule has 0 unspecified atom stereocenters. The molecule has 1 heterocycles. The molecule has 4 heteroatoms. The maximum atomic E-state index is 11.9. The van der Waals surface area contributed by atoms with Crippen LogP contribution < -0.4 is 4.80 Å². The molecule has 1 amide bonds. The van der Waals surface area contributed by atoms with Gasteiger partial charge in [-0.15, -0.1) is 0 Å². The van der Waals surface area contributed by atoms with Crippen LogP contribution in [0.1, 0.15) is 31.9 Å². The van der Waals surface area contributed by atoms with Gasteiger partial charge in [-0.05, 0) is 31.9 Å². The Morgan fingerprint density at radius 2 is 1.95 bits per heavy atom. The Kier molecular flexibility index (Phi) is 3.90. The van der Waals surface area contributed by atoms with E-state index < -0.39 is 0 Å². The minimum atomic E-state index is -0.0577. The summed E-state index contributed by atoms with van der Waals surface area (Å²) in [7, 11) is 0. The predicted molar refractivity (Wildman–Crippen MR) is 80.4 cm³/mol. The fraction of sp³-hybridized carbons (Fsp3) is 0.467. The highest BCUT2D eigenvalue weighted by Crippen LogP contribution is 2.24. The molecule has 2 rings (SSSR count). The number of rotatable bonds is 2. The molecule has 2 aromatic rings. The molecule has 0 atom stereocenters. The van der Waals surface area contributed by atoms with Gasteiger partial charge in [-0.2, -0.15) is 4.99 Å². The number of carbonyl (C=O) groups excluding carboxylic acids is 1. The van der Waals surface area contributed by atoms with E-state index in [2.05, 4.69) is 42.5 Å². The molecule has 102 valence electrons. The quantitative estimate of drug-likeness (QED) is 0.827. The van der Waals surface area contributed by atoms with Gasteiger partial charge in [-0.25, -0.2) is 0 Å². The lowest BCUT2D eigenvalue weighted by Gasteiger charge is -2.05. The van der Waals surface area contributed by atoms with Crippen molar-refractivity contribution in [2.75, 3.05) is 0 Å². The second kappa shape index (κ2) is 5.29. The van der Waals surface area contributed by atoms with Crippen molar-refractivity contribution < 1.29 is 4.79 Å². The van der Waals surface area contributed by atoms with Crippen molar-refractivity contribution in [2.45, 2.75) is 41.2 Å². The van der Waals surface area contributed by atoms with Gasteiger partial charge >= 0.3 is 0 Å². The van der Waals surface area contributed by atoms with Crippen molar-refractivity contribution >= 4 is 27.5 Å². The number of amides is 1. The molecule has 0 aliphatic carbocycles. The van der Waals surface area contributed by atoms with E-state index in [9.17, 15) is 4.79 Å². The van der Waals surface area contributed by atoms with Gasteiger partial charge in [0.15, 0.2) is 4.80 Å². The number of carbonyl (C=O) groups is 1. The van der Waals surface area contributed by atoms with Crippen molar-refractivity contribution in [1.82, 2.24) is 4.57 Å². The number of hydrogen-bond acceptors (Lipinski definition) is 2. The number of hydrogen-bond donors (Lipinski definition) is 0. The van der Waals surface area contributed by atoms with Gasteiger partial charge in [0.2, 0.25) is 0 Å². The van der Waals surface area contributed by atoms with E-state index in [1.807, 2.05) is 13.8 Å². The van der Waals surface area contributed by atoms with Gasteiger partial charge in [0.05, 0.1) is 10.2 Å². The first-order chi connectivity index (χ1) is 8.95. The molecular formula is C15H20N2OS. The molecule has 0 aliphatic rings. The molecule has 19 heavy (non-hydrogen) atoms. The smallest absolute Gasteiger partial charge is 0.250 e. The van der Waals surface area contributed by atoms with Crippen LogP contribution in [-0.4, -0.2) is 10.5 Å². The van der Waals surface area contributed by atoms with E-state index in [0.29, 0.717) is 0 Å². The number of fused-ring (bicyclic) bond motifs is 1. The maximum Gasteiger partial charge on any atom is 0.250 e. The molecule has 0 bridgehead atoms. The van der Waals surface area contributed by atoms with E-state index >= 15 is 0 Å². The van der Waals surface area contributed by atoms with Gasteiger partial charge in [-0.1, -0.05) is 37.3 Å². The van der Waals surface area contributed by atoms with Crippen molar-refractivity contribution in [3.05, 3.63) is 28.1 Å². The molecule has 3 nitrogen and oxygen atoms in total. The van der Waals surface area contributed by atoms with E-state index in [1.54, 1.807) is 11.3 Å². The summed E-state index contributed by atoms with van der Waals surface area (Å²) in [5.74, 6) is -0.109. The summed E-state index contributed by atoms with van der Waals surface area (Å²) >= 11 is 1.61. The van der Waals surface area contributed by atoms with Crippen LogP contribution in [0.15, 0.2) is 17.1 Å². The first-order valence-electron chi connectivity index (χ1n) is 6.63. The minimum absolute atomic E-state index is 0.0518. The molecule has 1 aromatic carbocycles. The largest absolute Gasteiger partial charge is 0.316 e. The Bertz CT molecular complexity index is 692. The highest BCUT2D eigenvalue weighted by Gasteiger charge is 2.11. The number of thiazole rings is 1. The van der Waals surface area contributed by atoms with Crippen LogP contribution in [-0.2, 0) is 11.3 Å². The summed E-state index contributed by atoms with van der Waals surface area (Å²) in [5.41, 5.74) is 3.69. The van der Waals surface area contributed by atoms with E-state index in [4.69, 9.17) is 0 Å². The average Bonchev–Trinajstić information content (AvgIpc) is 2.73. The van der Waals surface area contributed by atoms with Crippen LogP contribution in [0.4, 0.5) is 0 Å². The topological polar surface area (TPSA) is 34.4 Å². The zero-order valence-electron chi connectivity index (χ0n) is 12.2. The summed E-state index contributed by atoms with van der Waals surface area (Å²) in [4.78, 5) is 17.0. The predicted octanol–water partition coefficient (Wildman–Crippen LogP) is 3.42. The summed E-state index contributed by atoms with van der Waals surface area (Å²) in [6.07, 6.45) is 0. The number of nitrogens with zero attached hydrogens (tertiary/aromatic N) is 2. The molecule has 0 saturated heterocycles. The second-order valence-corrected chi connectivity index (χ2v) is 6.09. The van der Waals surface area contributed by atoms with Gasteiger partial charge in [0, 0.05) is 12.5 Å². The van der Waals surface area contributed by atoms with Crippen LogP contribution in [0, 0.1) is 19.8 Å². The lowest BCUT2D eigenvalue weighted by atomic mass is 10.1. The average molecular weight is 276 g/mol. The Morgan fingerprint density at radius 3 is 2.53 bits per heavy atom. The third-order valence-electron chi connectivity index (χ3n) is 3.24. The molecular weight excluding hydrogens is 256 g/mol. The molecule has 0 spiro atoms. The zero-order valence-corrected chi connectivity index (χ0v) is 13.0. The minimum Gasteiger partial charge on any atom is -0.316 e. The van der Waals surface area contributed by atoms with Crippen molar-refractivity contribution in [1.29, 1.82) is 0 Å². The van der Waals surface area contributed by atoms with Crippen molar-refractivity contribution in [3.63, 3.8) is 0 Å². The second-order valence-electron chi connectivity index (χ2n) is 5.11. The summed E-state index contributed by atoms with van der Waals surface area (Å²) in [6.45, 7) is 10.9. The Morgan fingerprint density at radius 1 is 1.32 bits per heavy atom. The van der Waals surface area contributed by atoms with Crippen LogP contribution in [0.2, 0.25) is 0 Å². The Balaban J connectivity index is 2.80. The number of aromatic nitrogens is 1. The van der Waals surface area contributed by atoms with Crippen LogP contribution in [0.3, 0.4) is 0 Å². The van der Waals surface area contributed by atoms with Crippen molar-refractivity contribution in [2.24, 2.45) is 10.9 Å². The summed E-state index contributed by atoms with van der Waals surface area (Å²) < 4.78 is 3.37. The fourth-order valence-electron chi connectivity index (χ4n) is 2.08. The van der Waals surface area contributed by atoms with Crippen LogP contribution in [0.25, 0.3) is 10.2 Å². The molecule has 0 N–H and O–H groups in total. The molecule has 0 radical (unpaired) electrons. The van der Waals surface area contributed by atoms with Gasteiger partial charge in [0.1, 0.15) is 0 Å². The summed E-state index contributed by atoms with van der Waals surface area (Å²) in [6, 6.07) is 4.26. The standard InChI is InChI=1S/C15H20N2OS/c1-6-17-12-10(4)7-8-11(5)13(12)19-15(17)16-14(18)9(2)3/h7-9H,6H2,1-5H3. The molecule has 0 aliphatic heterocycles.